The molecule has 0 bridgehead atoms. The highest BCUT2D eigenvalue weighted by molar-refractivity contribution is 6.09. The molecule has 6 rings (SSSR count). The number of hydrogen-bond acceptors (Lipinski definition) is 2. The van der Waals surface area contributed by atoms with Crippen molar-refractivity contribution in [2.45, 2.75) is 0 Å². The average molecular weight is 395 g/mol. The summed E-state index contributed by atoms with van der Waals surface area (Å²) in [7, 11) is 0. The second-order valence-electron chi connectivity index (χ2n) is 7.38. The molecule has 0 fully saturated rings. The normalized spacial score (nSPS) is 11.0. The van der Waals surface area contributed by atoms with Gasteiger partial charge in [-0.3, -0.25) is 4.57 Å². The highest BCUT2D eigenvalue weighted by Crippen LogP contribution is 2.31. The van der Waals surface area contributed by atoms with Gasteiger partial charge in [-0.25, -0.2) is 9.97 Å². The molecule has 3 heteroatoms. The summed E-state index contributed by atoms with van der Waals surface area (Å²) in [5, 5.41) is 3.33. The molecule has 0 saturated carbocycles. The Kier molecular flexibility index (Phi) is 4.01. The van der Waals surface area contributed by atoms with Crippen LogP contribution in [0.2, 0.25) is 0 Å². The van der Waals surface area contributed by atoms with E-state index in [2.05, 4.69) is 64.9 Å². The van der Waals surface area contributed by atoms with Gasteiger partial charge in [-0.1, -0.05) is 72.7 Å². The van der Waals surface area contributed by atoms with Gasteiger partial charge in [0.15, 0.2) is 0 Å². The van der Waals surface area contributed by atoms with Gasteiger partial charge in [-0.2, -0.15) is 0 Å². The third-order valence-electron chi connectivity index (χ3n) is 5.47. The van der Waals surface area contributed by atoms with Gasteiger partial charge in [0.05, 0.1) is 16.6 Å². The lowest BCUT2D eigenvalue weighted by Crippen LogP contribution is -2.03. The molecule has 0 aliphatic rings. The van der Waals surface area contributed by atoms with Gasteiger partial charge in [-0.05, 0) is 42.3 Å². The van der Waals surface area contributed by atoms with Gasteiger partial charge in [0.25, 0.3) is 0 Å². The van der Waals surface area contributed by atoms with Gasteiger partial charge in [0.2, 0.25) is 5.95 Å². The molecule has 0 amide bonds. The molecule has 0 saturated heterocycles. The van der Waals surface area contributed by atoms with Crippen molar-refractivity contribution < 1.29 is 0 Å². The Morgan fingerprint density at radius 2 is 1.10 bits per heavy atom. The Bertz CT molecular complexity index is 1580. The Morgan fingerprint density at radius 3 is 1.81 bits per heavy atom. The van der Waals surface area contributed by atoms with Crippen LogP contribution >= 0.6 is 0 Å². The lowest BCUT2D eigenvalue weighted by atomic mass is 10.1. The molecule has 0 aliphatic carbocycles. The first-order valence-electron chi connectivity index (χ1n) is 10.2. The van der Waals surface area contributed by atoms with Gasteiger partial charge in [0.1, 0.15) is 5.69 Å². The second kappa shape index (κ2) is 7.12. The number of rotatable bonds is 1. The second-order valence-corrected chi connectivity index (χ2v) is 7.38. The number of fused-ring (bicyclic) bond motifs is 4. The Labute approximate surface area is 179 Å². The maximum atomic E-state index is 4.94. The van der Waals surface area contributed by atoms with Crippen LogP contribution in [0.4, 0.5) is 0 Å². The van der Waals surface area contributed by atoms with E-state index in [-0.39, 0.29) is 0 Å². The smallest absolute Gasteiger partial charge is 0.236 e. The van der Waals surface area contributed by atoms with Crippen LogP contribution in [0, 0.1) is 11.8 Å². The summed E-state index contributed by atoms with van der Waals surface area (Å²) in [6.45, 7) is 0. The van der Waals surface area contributed by atoms with E-state index in [0.717, 1.165) is 33.2 Å². The lowest BCUT2D eigenvalue weighted by Gasteiger charge is -2.08. The van der Waals surface area contributed by atoms with Gasteiger partial charge < -0.3 is 0 Å². The summed E-state index contributed by atoms with van der Waals surface area (Å²) in [6, 6.07) is 34.8. The van der Waals surface area contributed by atoms with Crippen LogP contribution < -0.4 is 0 Å². The minimum Gasteiger partial charge on any atom is -0.278 e. The van der Waals surface area contributed by atoms with Crippen LogP contribution in [-0.2, 0) is 0 Å². The van der Waals surface area contributed by atoms with Crippen molar-refractivity contribution in [2.75, 3.05) is 0 Å². The Balaban J connectivity index is 1.66. The van der Waals surface area contributed by atoms with Crippen molar-refractivity contribution in [2.24, 2.45) is 0 Å². The van der Waals surface area contributed by atoms with E-state index in [1.807, 2.05) is 54.6 Å². The fourth-order valence-corrected chi connectivity index (χ4v) is 4.05. The van der Waals surface area contributed by atoms with Crippen molar-refractivity contribution in [3.63, 3.8) is 0 Å². The van der Waals surface area contributed by atoms with Crippen LogP contribution in [0.15, 0.2) is 103 Å². The third-order valence-corrected chi connectivity index (χ3v) is 5.47. The quantitative estimate of drug-likeness (QED) is 0.314. The summed E-state index contributed by atoms with van der Waals surface area (Å²) in [6.07, 6.45) is 0. The van der Waals surface area contributed by atoms with Gasteiger partial charge in [0, 0.05) is 21.7 Å². The molecule has 2 heterocycles. The number of nitrogens with zero attached hydrogens (tertiary/aromatic N) is 3. The molecular formula is C28H17N3. The molecule has 0 atom stereocenters. The SMILES string of the molecule is C(#Cc1nc(-n2c3ccccc3c3ccccc32)nc2ccccc12)c1ccccc1. The number of benzene rings is 4. The van der Waals surface area contributed by atoms with Crippen LogP contribution in [-0.4, -0.2) is 14.5 Å². The molecule has 0 unspecified atom stereocenters. The van der Waals surface area contributed by atoms with Crippen molar-refractivity contribution in [3.05, 3.63) is 114 Å². The lowest BCUT2D eigenvalue weighted by molar-refractivity contribution is 1.00. The molecule has 0 aliphatic heterocycles. The topological polar surface area (TPSA) is 30.7 Å². The van der Waals surface area contributed by atoms with E-state index < -0.39 is 0 Å². The molecule has 6 aromatic rings. The number of hydrogen-bond donors (Lipinski definition) is 0. The summed E-state index contributed by atoms with van der Waals surface area (Å²) in [5.74, 6) is 7.17. The molecule has 0 spiro atoms. The van der Waals surface area contributed by atoms with E-state index >= 15 is 0 Å². The zero-order chi connectivity index (χ0) is 20.6. The predicted octanol–water partition coefficient (Wildman–Crippen LogP) is 6.13. The summed E-state index contributed by atoms with van der Waals surface area (Å²) in [5.41, 5.74) is 4.74. The zero-order valence-electron chi connectivity index (χ0n) is 16.7. The third kappa shape index (κ3) is 2.94. The maximum absolute atomic E-state index is 4.94. The Hall–Kier alpha value is -4.42. The predicted molar refractivity (Wildman–Crippen MR) is 126 cm³/mol. The van der Waals surface area contributed by atoms with Crippen molar-refractivity contribution in [3.8, 4) is 17.8 Å². The molecule has 3 nitrogen and oxygen atoms in total. The fourth-order valence-electron chi connectivity index (χ4n) is 4.05. The number of para-hydroxylation sites is 3. The first-order valence-corrected chi connectivity index (χ1v) is 10.2. The molecule has 2 aromatic heterocycles. The molecular weight excluding hydrogens is 378 g/mol. The first kappa shape index (κ1) is 17.4. The van der Waals surface area contributed by atoms with E-state index in [1.165, 1.54) is 10.8 Å². The minimum absolute atomic E-state index is 0.633. The van der Waals surface area contributed by atoms with Crippen molar-refractivity contribution in [1.29, 1.82) is 0 Å². The molecule has 31 heavy (non-hydrogen) atoms. The fraction of sp³-hybridized carbons (Fsp3) is 0. The zero-order valence-corrected chi connectivity index (χ0v) is 16.7. The molecule has 0 N–H and O–H groups in total. The van der Waals surface area contributed by atoms with E-state index in [4.69, 9.17) is 9.97 Å². The van der Waals surface area contributed by atoms with Crippen LogP contribution in [0.5, 0.6) is 0 Å². The summed E-state index contributed by atoms with van der Waals surface area (Å²) >= 11 is 0. The van der Waals surface area contributed by atoms with Crippen LogP contribution in [0.1, 0.15) is 11.3 Å². The van der Waals surface area contributed by atoms with Crippen molar-refractivity contribution in [1.82, 2.24) is 14.5 Å². The maximum Gasteiger partial charge on any atom is 0.236 e. The molecule has 4 aromatic carbocycles. The van der Waals surface area contributed by atoms with Crippen LogP contribution in [0.25, 0.3) is 38.7 Å². The van der Waals surface area contributed by atoms with Crippen LogP contribution in [0.3, 0.4) is 0 Å². The summed E-state index contributed by atoms with van der Waals surface area (Å²) < 4.78 is 2.13. The first-order chi connectivity index (χ1) is 15.4. The van der Waals surface area contributed by atoms with E-state index in [9.17, 15) is 0 Å². The van der Waals surface area contributed by atoms with Gasteiger partial charge in [-0.15, -0.1) is 0 Å². The molecule has 144 valence electrons. The molecule has 0 radical (unpaired) electrons. The largest absolute Gasteiger partial charge is 0.278 e. The van der Waals surface area contributed by atoms with Crippen molar-refractivity contribution >= 4 is 32.7 Å². The highest BCUT2D eigenvalue weighted by atomic mass is 15.2. The number of aromatic nitrogens is 3. The van der Waals surface area contributed by atoms with Gasteiger partial charge >= 0.3 is 0 Å². The average Bonchev–Trinajstić information content (AvgIpc) is 3.17. The minimum atomic E-state index is 0.633. The standard InChI is InChI=1S/C28H17N3/c1-2-10-20(11-3-1)18-19-25-23-14-4-7-15-24(23)29-28(30-25)31-26-16-8-5-12-21(26)22-13-6-9-17-27(22)31/h1-17H. The van der Waals surface area contributed by atoms with E-state index in [0.29, 0.717) is 5.95 Å². The highest BCUT2D eigenvalue weighted by Gasteiger charge is 2.15. The summed E-state index contributed by atoms with van der Waals surface area (Å²) in [4.78, 5) is 9.85. The van der Waals surface area contributed by atoms with E-state index in [1.54, 1.807) is 0 Å². The Morgan fingerprint density at radius 1 is 0.516 bits per heavy atom. The monoisotopic (exact) mass is 395 g/mol.